The molecular formula is C12H16F3NO2. The van der Waals surface area contributed by atoms with Crippen LogP contribution in [0.1, 0.15) is 18.1 Å². The van der Waals surface area contributed by atoms with Crippen LogP contribution in [0.15, 0.2) is 18.2 Å². The molecule has 0 spiro atoms. The van der Waals surface area contributed by atoms with E-state index in [1.165, 1.54) is 12.1 Å². The summed E-state index contributed by atoms with van der Waals surface area (Å²) in [6.07, 6.45) is -4.05. The number of hydrogen-bond donors (Lipinski definition) is 1. The van der Waals surface area contributed by atoms with Crippen molar-refractivity contribution in [3.8, 4) is 5.75 Å². The van der Waals surface area contributed by atoms with Crippen LogP contribution in [0.2, 0.25) is 0 Å². The Kier molecular flexibility index (Phi) is 5.43. The van der Waals surface area contributed by atoms with Gasteiger partial charge >= 0.3 is 6.36 Å². The van der Waals surface area contributed by atoms with Crippen LogP contribution in [0.25, 0.3) is 0 Å². The van der Waals surface area contributed by atoms with Gasteiger partial charge < -0.3 is 15.2 Å². The van der Waals surface area contributed by atoms with Gasteiger partial charge in [-0.3, -0.25) is 0 Å². The molecule has 0 heterocycles. The van der Waals surface area contributed by atoms with Crippen molar-refractivity contribution in [3.05, 3.63) is 29.3 Å². The minimum Gasteiger partial charge on any atom is -0.406 e. The summed E-state index contributed by atoms with van der Waals surface area (Å²) in [5.74, 6) is -0.215. The highest BCUT2D eigenvalue weighted by molar-refractivity contribution is 5.34. The van der Waals surface area contributed by atoms with Crippen molar-refractivity contribution in [3.63, 3.8) is 0 Å². The smallest absolute Gasteiger partial charge is 0.406 e. The molecule has 2 N–H and O–H groups in total. The van der Waals surface area contributed by atoms with Gasteiger partial charge in [-0.15, -0.1) is 13.2 Å². The maximum absolute atomic E-state index is 12.1. The minimum absolute atomic E-state index is 0.215. The van der Waals surface area contributed by atoms with Crippen LogP contribution >= 0.6 is 0 Å². The maximum Gasteiger partial charge on any atom is 0.573 e. The Morgan fingerprint density at radius 3 is 2.39 bits per heavy atom. The Morgan fingerprint density at radius 2 is 1.83 bits per heavy atom. The summed E-state index contributed by atoms with van der Waals surface area (Å²) in [7, 11) is 0. The molecule has 0 fully saturated rings. The second-order valence-electron chi connectivity index (χ2n) is 3.73. The van der Waals surface area contributed by atoms with Crippen molar-refractivity contribution in [2.24, 2.45) is 5.73 Å². The molecule has 0 aliphatic carbocycles. The summed E-state index contributed by atoms with van der Waals surface area (Å²) in [6.45, 7) is 2.82. The van der Waals surface area contributed by atoms with Crippen molar-refractivity contribution in [1.29, 1.82) is 0 Å². The molecule has 0 aliphatic heterocycles. The molecule has 1 aromatic rings. The van der Waals surface area contributed by atoms with Gasteiger partial charge in [-0.05, 0) is 29.7 Å². The molecule has 0 bridgehead atoms. The molecule has 3 nitrogen and oxygen atoms in total. The van der Waals surface area contributed by atoms with E-state index < -0.39 is 6.36 Å². The first-order valence-corrected chi connectivity index (χ1v) is 5.61. The highest BCUT2D eigenvalue weighted by atomic mass is 19.4. The lowest BCUT2D eigenvalue weighted by Crippen LogP contribution is -2.17. The SMILES string of the molecule is CCc1cc(COCCN)cc(OC(F)(F)F)c1. The van der Waals surface area contributed by atoms with E-state index in [4.69, 9.17) is 10.5 Å². The number of rotatable bonds is 6. The number of ether oxygens (including phenoxy) is 2. The van der Waals surface area contributed by atoms with Gasteiger partial charge in [0.05, 0.1) is 13.2 Å². The van der Waals surface area contributed by atoms with Crippen LogP contribution in [0.3, 0.4) is 0 Å². The van der Waals surface area contributed by atoms with Gasteiger partial charge in [-0.25, -0.2) is 0 Å². The zero-order valence-electron chi connectivity index (χ0n) is 10.1. The van der Waals surface area contributed by atoms with E-state index >= 15 is 0 Å². The zero-order valence-corrected chi connectivity index (χ0v) is 10.1. The molecule has 0 saturated heterocycles. The fraction of sp³-hybridized carbons (Fsp3) is 0.500. The van der Waals surface area contributed by atoms with Crippen LogP contribution < -0.4 is 10.5 Å². The molecular weight excluding hydrogens is 247 g/mol. The Labute approximate surface area is 104 Å². The predicted molar refractivity (Wildman–Crippen MR) is 61.2 cm³/mol. The lowest BCUT2D eigenvalue weighted by Gasteiger charge is -2.12. The van der Waals surface area contributed by atoms with E-state index in [0.29, 0.717) is 25.1 Å². The molecule has 1 aromatic carbocycles. The Hall–Kier alpha value is -1.27. The number of hydrogen-bond acceptors (Lipinski definition) is 3. The van der Waals surface area contributed by atoms with Crippen LogP contribution in [0.5, 0.6) is 5.75 Å². The van der Waals surface area contributed by atoms with E-state index in [9.17, 15) is 13.2 Å². The van der Waals surface area contributed by atoms with Crippen LogP contribution in [0.4, 0.5) is 13.2 Å². The maximum atomic E-state index is 12.1. The monoisotopic (exact) mass is 263 g/mol. The molecule has 6 heteroatoms. The van der Waals surface area contributed by atoms with Gasteiger partial charge in [0, 0.05) is 6.54 Å². The van der Waals surface area contributed by atoms with Gasteiger partial charge in [0.25, 0.3) is 0 Å². The normalized spacial score (nSPS) is 11.6. The van der Waals surface area contributed by atoms with Crippen molar-refractivity contribution in [2.75, 3.05) is 13.2 Å². The molecule has 102 valence electrons. The Balaban J connectivity index is 2.80. The number of benzene rings is 1. The van der Waals surface area contributed by atoms with E-state index in [-0.39, 0.29) is 12.4 Å². The molecule has 18 heavy (non-hydrogen) atoms. The second kappa shape index (κ2) is 6.61. The first kappa shape index (κ1) is 14.8. The zero-order chi connectivity index (χ0) is 13.6. The third-order valence-electron chi connectivity index (χ3n) is 2.20. The van der Waals surface area contributed by atoms with Gasteiger partial charge in [0.15, 0.2) is 0 Å². The molecule has 0 aromatic heterocycles. The van der Waals surface area contributed by atoms with E-state index in [0.717, 1.165) is 5.56 Å². The van der Waals surface area contributed by atoms with E-state index in [1.54, 1.807) is 6.07 Å². The third-order valence-corrected chi connectivity index (χ3v) is 2.20. The fourth-order valence-corrected chi connectivity index (χ4v) is 1.48. The third kappa shape index (κ3) is 5.37. The van der Waals surface area contributed by atoms with E-state index in [1.807, 2.05) is 6.92 Å². The number of alkyl halides is 3. The van der Waals surface area contributed by atoms with Gasteiger partial charge in [-0.1, -0.05) is 13.0 Å². The molecule has 0 amide bonds. The lowest BCUT2D eigenvalue weighted by molar-refractivity contribution is -0.274. The number of aryl methyl sites for hydroxylation is 1. The van der Waals surface area contributed by atoms with Crippen LogP contribution in [-0.4, -0.2) is 19.5 Å². The van der Waals surface area contributed by atoms with Crippen molar-refractivity contribution in [2.45, 2.75) is 26.3 Å². The summed E-state index contributed by atoms with van der Waals surface area (Å²) in [5.41, 5.74) is 6.67. The summed E-state index contributed by atoms with van der Waals surface area (Å²) in [4.78, 5) is 0. The van der Waals surface area contributed by atoms with Crippen molar-refractivity contribution in [1.82, 2.24) is 0 Å². The fourth-order valence-electron chi connectivity index (χ4n) is 1.48. The molecule has 0 radical (unpaired) electrons. The summed E-state index contributed by atoms with van der Waals surface area (Å²) in [5, 5.41) is 0. The van der Waals surface area contributed by atoms with Gasteiger partial charge in [0.1, 0.15) is 5.75 Å². The van der Waals surface area contributed by atoms with Crippen LogP contribution in [-0.2, 0) is 17.8 Å². The standard InChI is InChI=1S/C12H16F3NO2/c1-2-9-5-10(8-17-4-3-16)7-11(6-9)18-12(13,14)15/h5-7H,2-4,8,16H2,1H3. The summed E-state index contributed by atoms with van der Waals surface area (Å²) in [6, 6.07) is 4.49. The van der Waals surface area contributed by atoms with Gasteiger partial charge in [0.2, 0.25) is 0 Å². The molecule has 1 rings (SSSR count). The largest absolute Gasteiger partial charge is 0.573 e. The summed E-state index contributed by atoms with van der Waals surface area (Å²) >= 11 is 0. The van der Waals surface area contributed by atoms with Crippen LogP contribution in [0, 0.1) is 0 Å². The molecule has 0 saturated carbocycles. The first-order chi connectivity index (χ1) is 8.44. The quantitative estimate of drug-likeness (QED) is 0.802. The highest BCUT2D eigenvalue weighted by Gasteiger charge is 2.31. The average Bonchev–Trinajstić information content (AvgIpc) is 2.26. The van der Waals surface area contributed by atoms with Gasteiger partial charge in [-0.2, -0.15) is 0 Å². The topological polar surface area (TPSA) is 44.5 Å². The van der Waals surface area contributed by atoms with Crippen molar-refractivity contribution >= 4 is 0 Å². The predicted octanol–water partition coefficient (Wildman–Crippen LogP) is 2.62. The highest BCUT2D eigenvalue weighted by Crippen LogP contribution is 2.25. The second-order valence-corrected chi connectivity index (χ2v) is 3.73. The Morgan fingerprint density at radius 1 is 1.17 bits per heavy atom. The molecule has 0 aliphatic rings. The Bertz CT molecular complexity index is 380. The molecule has 0 atom stereocenters. The molecule has 0 unspecified atom stereocenters. The van der Waals surface area contributed by atoms with E-state index in [2.05, 4.69) is 4.74 Å². The van der Waals surface area contributed by atoms with Crippen molar-refractivity contribution < 1.29 is 22.6 Å². The lowest BCUT2D eigenvalue weighted by atomic mass is 10.1. The number of nitrogens with two attached hydrogens (primary N) is 1. The number of halogens is 3. The average molecular weight is 263 g/mol. The minimum atomic E-state index is -4.68. The first-order valence-electron chi connectivity index (χ1n) is 5.61. The summed E-state index contributed by atoms with van der Waals surface area (Å²) < 4.78 is 45.5.